The smallest absolute Gasteiger partial charge is 0.258 e. The summed E-state index contributed by atoms with van der Waals surface area (Å²) < 4.78 is 0. The lowest BCUT2D eigenvalue weighted by Crippen LogP contribution is -2.42. The molecule has 0 saturated heterocycles. The lowest BCUT2D eigenvalue weighted by molar-refractivity contribution is 0.284. The Kier molecular flexibility index (Phi) is 3.31. The van der Waals surface area contributed by atoms with Crippen LogP contribution in [-0.4, -0.2) is 34.3 Å². The Labute approximate surface area is 116 Å². The van der Waals surface area contributed by atoms with Crippen LogP contribution in [0.5, 0.6) is 0 Å². The first-order valence-electron chi connectivity index (χ1n) is 6.85. The number of aliphatic hydroxyl groups excluding tert-OH is 1. The van der Waals surface area contributed by atoms with E-state index in [4.69, 9.17) is 5.73 Å². The highest BCUT2D eigenvalue weighted by molar-refractivity contribution is 5.88. The molecule has 1 fully saturated rings. The van der Waals surface area contributed by atoms with Gasteiger partial charge in [0, 0.05) is 12.6 Å². The molecule has 0 bridgehead atoms. The van der Waals surface area contributed by atoms with Crippen molar-refractivity contribution in [3.05, 3.63) is 28.8 Å². The molecule has 4 N–H and O–H groups in total. The largest absolute Gasteiger partial charge is 0.397 e. The molecule has 1 aliphatic carbocycles. The van der Waals surface area contributed by atoms with Crippen LogP contribution < -0.4 is 16.2 Å². The zero-order valence-corrected chi connectivity index (χ0v) is 11.2. The lowest BCUT2D eigenvalue weighted by Gasteiger charge is -2.39. The zero-order chi connectivity index (χ0) is 14.1. The third kappa shape index (κ3) is 2.12. The summed E-state index contributed by atoms with van der Waals surface area (Å²) in [6, 6.07) is 3.93. The van der Waals surface area contributed by atoms with Gasteiger partial charge in [-0.3, -0.25) is 4.79 Å². The molecule has 1 saturated carbocycles. The van der Waals surface area contributed by atoms with Crippen LogP contribution in [0.3, 0.4) is 0 Å². The van der Waals surface area contributed by atoms with E-state index in [-0.39, 0.29) is 12.2 Å². The van der Waals surface area contributed by atoms with Crippen molar-refractivity contribution in [3.8, 4) is 0 Å². The minimum atomic E-state index is -0.189. The van der Waals surface area contributed by atoms with E-state index in [0.29, 0.717) is 29.2 Å². The average molecular weight is 274 g/mol. The second kappa shape index (κ2) is 5.13. The molecule has 0 atom stereocenters. The van der Waals surface area contributed by atoms with Gasteiger partial charge in [0.1, 0.15) is 0 Å². The molecule has 0 amide bonds. The van der Waals surface area contributed by atoms with E-state index in [1.807, 2.05) is 6.07 Å². The van der Waals surface area contributed by atoms with E-state index in [0.717, 1.165) is 18.5 Å². The molecule has 20 heavy (non-hydrogen) atoms. The van der Waals surface area contributed by atoms with Crippen molar-refractivity contribution in [2.75, 3.05) is 23.8 Å². The number of aromatic amines is 1. The summed E-state index contributed by atoms with van der Waals surface area (Å²) in [4.78, 5) is 20.6. The normalized spacial score (nSPS) is 15.2. The molecule has 6 heteroatoms. The zero-order valence-electron chi connectivity index (χ0n) is 11.2. The first-order valence-corrected chi connectivity index (χ1v) is 6.85. The maximum Gasteiger partial charge on any atom is 0.258 e. The molecule has 0 unspecified atom stereocenters. The molecule has 3 rings (SSSR count). The molecular formula is C14H18N4O2. The molecule has 0 spiro atoms. The number of H-pyrrole nitrogens is 1. The Bertz CT molecular complexity index is 678. The van der Waals surface area contributed by atoms with Gasteiger partial charge in [0.15, 0.2) is 0 Å². The minimum absolute atomic E-state index is 0.0801. The number of benzene rings is 1. The Morgan fingerprint density at radius 1 is 1.45 bits per heavy atom. The second-order valence-electron chi connectivity index (χ2n) is 5.16. The maximum absolute atomic E-state index is 11.7. The number of nitrogens with zero attached hydrogens (tertiary/aromatic N) is 2. The third-order valence-corrected chi connectivity index (χ3v) is 3.95. The average Bonchev–Trinajstić information content (AvgIpc) is 2.37. The van der Waals surface area contributed by atoms with E-state index in [9.17, 15) is 9.90 Å². The molecular weight excluding hydrogens is 256 g/mol. The van der Waals surface area contributed by atoms with E-state index in [1.54, 1.807) is 6.07 Å². The van der Waals surface area contributed by atoms with Gasteiger partial charge in [-0.05, 0) is 31.4 Å². The first kappa shape index (κ1) is 12.9. The fraction of sp³-hybridized carbons (Fsp3) is 0.429. The number of nitrogens with one attached hydrogen (secondary N) is 1. The summed E-state index contributed by atoms with van der Waals surface area (Å²) in [7, 11) is 0. The Morgan fingerprint density at radius 2 is 2.25 bits per heavy atom. The molecule has 1 aromatic carbocycles. The van der Waals surface area contributed by atoms with Gasteiger partial charge in [-0.15, -0.1) is 0 Å². The predicted molar refractivity (Wildman–Crippen MR) is 78.8 cm³/mol. The fourth-order valence-electron chi connectivity index (χ4n) is 2.68. The van der Waals surface area contributed by atoms with Crippen LogP contribution in [0, 0.1) is 0 Å². The highest BCUT2D eigenvalue weighted by Gasteiger charge is 2.26. The summed E-state index contributed by atoms with van der Waals surface area (Å²) in [5.41, 5.74) is 7.94. The number of nitrogen functional groups attached to an aromatic ring is 1. The van der Waals surface area contributed by atoms with Crippen molar-refractivity contribution in [1.82, 2.24) is 9.97 Å². The van der Waals surface area contributed by atoms with Crippen molar-refractivity contribution in [2.45, 2.75) is 25.3 Å². The van der Waals surface area contributed by atoms with Crippen LogP contribution in [0.4, 0.5) is 11.4 Å². The van der Waals surface area contributed by atoms with Gasteiger partial charge in [-0.25, -0.2) is 4.98 Å². The highest BCUT2D eigenvalue weighted by Crippen LogP contribution is 2.34. The molecule has 1 aromatic heterocycles. The second-order valence-corrected chi connectivity index (χ2v) is 5.16. The number of hydrogen-bond donors (Lipinski definition) is 3. The number of rotatable bonds is 4. The van der Waals surface area contributed by atoms with Crippen molar-refractivity contribution >= 4 is 22.3 Å². The van der Waals surface area contributed by atoms with Crippen LogP contribution >= 0.6 is 0 Å². The lowest BCUT2D eigenvalue weighted by atomic mass is 9.91. The quantitative estimate of drug-likeness (QED) is 0.719. The van der Waals surface area contributed by atoms with Crippen LogP contribution in [0.15, 0.2) is 23.3 Å². The topological polar surface area (TPSA) is 95.2 Å². The van der Waals surface area contributed by atoms with Gasteiger partial charge >= 0.3 is 0 Å². The van der Waals surface area contributed by atoms with Gasteiger partial charge in [0.2, 0.25) is 0 Å². The van der Waals surface area contributed by atoms with E-state index in [2.05, 4.69) is 14.9 Å². The Hall–Kier alpha value is -2.08. The van der Waals surface area contributed by atoms with Gasteiger partial charge in [-0.2, -0.15) is 0 Å². The fourth-order valence-corrected chi connectivity index (χ4v) is 2.68. The number of aromatic nitrogens is 2. The van der Waals surface area contributed by atoms with Crippen LogP contribution in [0.2, 0.25) is 0 Å². The van der Waals surface area contributed by atoms with Crippen molar-refractivity contribution in [2.24, 2.45) is 0 Å². The minimum Gasteiger partial charge on any atom is -0.397 e. The van der Waals surface area contributed by atoms with E-state index in [1.165, 1.54) is 12.7 Å². The van der Waals surface area contributed by atoms with Crippen molar-refractivity contribution in [1.29, 1.82) is 0 Å². The third-order valence-electron chi connectivity index (χ3n) is 3.95. The number of nitrogens with two attached hydrogens (primary N) is 1. The molecule has 0 radical (unpaired) electrons. The summed E-state index contributed by atoms with van der Waals surface area (Å²) >= 11 is 0. The SMILES string of the molecule is Nc1cc2c(=O)[nH]cnc2cc1N(CCO)C1CCC1. The number of fused-ring (bicyclic) bond motifs is 1. The summed E-state index contributed by atoms with van der Waals surface area (Å²) in [6.45, 7) is 0.625. The predicted octanol–water partition coefficient (Wildman–Crippen LogP) is 0.856. The molecule has 2 aromatic rings. The maximum atomic E-state index is 11.7. The summed E-state index contributed by atoms with van der Waals surface area (Å²) in [6.07, 6.45) is 4.82. The van der Waals surface area contributed by atoms with E-state index >= 15 is 0 Å². The molecule has 1 heterocycles. The monoisotopic (exact) mass is 274 g/mol. The molecule has 6 nitrogen and oxygen atoms in total. The Morgan fingerprint density at radius 3 is 2.90 bits per heavy atom. The van der Waals surface area contributed by atoms with E-state index < -0.39 is 0 Å². The highest BCUT2D eigenvalue weighted by atomic mass is 16.3. The standard InChI is InChI=1S/C14H18N4O2/c15-11-6-10-12(16-8-17-14(10)20)7-13(11)18(4-5-19)9-2-1-3-9/h6-9,19H,1-5,15H2,(H,16,17,20). The van der Waals surface area contributed by atoms with Crippen molar-refractivity contribution < 1.29 is 5.11 Å². The number of aliphatic hydroxyl groups is 1. The summed E-state index contributed by atoms with van der Waals surface area (Å²) in [5.74, 6) is 0. The van der Waals surface area contributed by atoms with Gasteiger partial charge in [-0.1, -0.05) is 0 Å². The molecule has 106 valence electrons. The first-order chi connectivity index (χ1) is 9.70. The summed E-state index contributed by atoms with van der Waals surface area (Å²) in [5, 5.41) is 9.75. The van der Waals surface area contributed by atoms with Crippen LogP contribution in [-0.2, 0) is 0 Å². The van der Waals surface area contributed by atoms with Gasteiger partial charge in [0.05, 0.1) is 35.2 Å². The van der Waals surface area contributed by atoms with Crippen molar-refractivity contribution in [3.63, 3.8) is 0 Å². The Balaban J connectivity index is 2.09. The number of hydrogen-bond acceptors (Lipinski definition) is 5. The van der Waals surface area contributed by atoms with Crippen LogP contribution in [0.25, 0.3) is 10.9 Å². The van der Waals surface area contributed by atoms with Gasteiger partial charge < -0.3 is 20.7 Å². The number of anilines is 2. The molecule has 1 aliphatic rings. The van der Waals surface area contributed by atoms with Crippen LogP contribution in [0.1, 0.15) is 19.3 Å². The molecule has 0 aliphatic heterocycles. The van der Waals surface area contributed by atoms with Gasteiger partial charge in [0.25, 0.3) is 5.56 Å².